The number of nitrogens with one attached hydrogen (secondary N) is 1. The van der Waals surface area contributed by atoms with Gasteiger partial charge >= 0.3 is 0 Å². The fourth-order valence-corrected chi connectivity index (χ4v) is 2.56. The Bertz CT molecular complexity index is 600. The third-order valence-corrected chi connectivity index (χ3v) is 4.16. The van der Waals surface area contributed by atoms with Crippen LogP contribution in [0.4, 0.5) is 5.69 Å². The monoisotopic (exact) mass is 318 g/mol. The summed E-state index contributed by atoms with van der Waals surface area (Å²) in [5, 5.41) is 3.50. The molecule has 1 aromatic heterocycles. The molecule has 0 aliphatic carbocycles. The van der Waals surface area contributed by atoms with E-state index in [4.69, 9.17) is 4.74 Å². The number of pyridine rings is 1. The molecule has 0 saturated heterocycles. The summed E-state index contributed by atoms with van der Waals surface area (Å²) in [6, 6.07) is 10.7. The quantitative estimate of drug-likeness (QED) is 0.854. The van der Waals surface area contributed by atoms with E-state index in [0.29, 0.717) is 13.2 Å². The van der Waals surface area contributed by atoms with E-state index < -0.39 is 0 Å². The van der Waals surface area contributed by atoms with Gasteiger partial charge in [-0.1, -0.05) is 24.3 Å². The lowest BCUT2D eigenvalue weighted by atomic mass is 9.99. The van der Waals surface area contributed by atoms with Gasteiger partial charge in [-0.25, -0.2) is 4.98 Å². The lowest BCUT2D eigenvalue weighted by molar-refractivity contribution is 0.0970. The molecule has 19 heavy (non-hydrogen) atoms. The van der Waals surface area contributed by atoms with Crippen LogP contribution in [-0.4, -0.2) is 11.6 Å². The first-order valence-corrected chi connectivity index (χ1v) is 7.07. The van der Waals surface area contributed by atoms with Crippen LogP contribution in [0.2, 0.25) is 0 Å². The summed E-state index contributed by atoms with van der Waals surface area (Å²) in [4.78, 5) is 4.31. The molecule has 0 bridgehead atoms. The highest BCUT2D eigenvalue weighted by Gasteiger charge is 2.20. The number of aromatic nitrogens is 1. The second-order valence-corrected chi connectivity index (χ2v) is 5.49. The van der Waals surface area contributed by atoms with Gasteiger partial charge in [-0.05, 0) is 45.6 Å². The predicted octanol–water partition coefficient (Wildman–Crippen LogP) is 3.84. The molecule has 4 heteroatoms. The lowest BCUT2D eigenvalue weighted by Gasteiger charge is -2.27. The minimum absolute atomic E-state index is 0.187. The summed E-state index contributed by atoms with van der Waals surface area (Å²) in [6.45, 7) is 3.42. The van der Waals surface area contributed by atoms with Crippen molar-refractivity contribution >= 4 is 21.6 Å². The minimum Gasteiger partial charge on any atom is -0.375 e. The zero-order valence-electron chi connectivity index (χ0n) is 10.7. The van der Waals surface area contributed by atoms with Crippen LogP contribution in [0.1, 0.15) is 22.7 Å². The molecule has 98 valence electrons. The van der Waals surface area contributed by atoms with Crippen LogP contribution in [-0.2, 0) is 11.3 Å². The Kier molecular flexibility index (Phi) is 3.53. The molecule has 0 spiro atoms. The van der Waals surface area contributed by atoms with E-state index in [0.717, 1.165) is 15.9 Å². The third kappa shape index (κ3) is 2.65. The van der Waals surface area contributed by atoms with Crippen molar-refractivity contribution in [1.82, 2.24) is 4.98 Å². The molecule has 1 unspecified atom stereocenters. The molecule has 1 aliphatic rings. The van der Waals surface area contributed by atoms with Gasteiger partial charge in [-0.2, -0.15) is 0 Å². The fourth-order valence-electron chi connectivity index (χ4n) is 2.34. The molecule has 3 rings (SSSR count). The molecule has 1 N–H and O–H groups in total. The Hall–Kier alpha value is -1.39. The standard InChI is InChI=1S/C15H15BrN2O/c1-10-6-12(7-17-15(10)16)18-14-9-19-8-11-4-2-3-5-13(11)14/h2-7,14,18H,8-9H2,1H3. The molecule has 1 aliphatic heterocycles. The van der Waals surface area contributed by atoms with Crippen molar-refractivity contribution in [3.63, 3.8) is 0 Å². The van der Waals surface area contributed by atoms with Crippen molar-refractivity contribution in [3.8, 4) is 0 Å². The molecular weight excluding hydrogens is 304 g/mol. The van der Waals surface area contributed by atoms with E-state index in [1.54, 1.807) is 0 Å². The van der Waals surface area contributed by atoms with Gasteiger partial charge in [-0.3, -0.25) is 0 Å². The second-order valence-electron chi connectivity index (χ2n) is 4.74. The molecule has 1 aromatic carbocycles. The van der Waals surface area contributed by atoms with Crippen molar-refractivity contribution < 1.29 is 4.74 Å². The van der Waals surface area contributed by atoms with Gasteiger partial charge in [-0.15, -0.1) is 0 Å². The SMILES string of the molecule is Cc1cc(NC2COCc3ccccc32)cnc1Br. The number of anilines is 1. The number of nitrogens with zero attached hydrogens (tertiary/aromatic N) is 1. The van der Waals surface area contributed by atoms with Gasteiger partial charge in [0.25, 0.3) is 0 Å². The van der Waals surface area contributed by atoms with E-state index in [9.17, 15) is 0 Å². The zero-order chi connectivity index (χ0) is 13.2. The number of hydrogen-bond donors (Lipinski definition) is 1. The van der Waals surface area contributed by atoms with E-state index in [1.165, 1.54) is 11.1 Å². The molecule has 0 saturated carbocycles. The summed E-state index contributed by atoms with van der Waals surface area (Å²) >= 11 is 3.42. The van der Waals surface area contributed by atoms with Crippen molar-refractivity contribution in [1.29, 1.82) is 0 Å². The summed E-state index contributed by atoms with van der Waals surface area (Å²) in [5.41, 5.74) is 4.71. The Labute approximate surface area is 121 Å². The van der Waals surface area contributed by atoms with E-state index >= 15 is 0 Å². The Morgan fingerprint density at radius 2 is 2.21 bits per heavy atom. The van der Waals surface area contributed by atoms with Crippen LogP contribution < -0.4 is 5.32 Å². The first-order valence-electron chi connectivity index (χ1n) is 6.28. The Morgan fingerprint density at radius 1 is 1.37 bits per heavy atom. The van der Waals surface area contributed by atoms with E-state index in [1.807, 2.05) is 13.1 Å². The zero-order valence-corrected chi connectivity index (χ0v) is 12.3. The maximum absolute atomic E-state index is 5.64. The number of halogens is 1. The summed E-state index contributed by atoms with van der Waals surface area (Å²) < 4.78 is 6.53. The number of benzene rings is 1. The highest BCUT2D eigenvalue weighted by atomic mass is 79.9. The number of hydrogen-bond acceptors (Lipinski definition) is 3. The Balaban J connectivity index is 1.86. The summed E-state index contributed by atoms with van der Waals surface area (Å²) in [5.74, 6) is 0. The van der Waals surface area contributed by atoms with Gasteiger partial charge in [0.1, 0.15) is 4.60 Å². The lowest BCUT2D eigenvalue weighted by Crippen LogP contribution is -2.23. The average Bonchev–Trinajstić information content (AvgIpc) is 2.43. The minimum atomic E-state index is 0.187. The number of aryl methyl sites for hydroxylation is 1. The highest BCUT2D eigenvalue weighted by Crippen LogP contribution is 2.28. The molecule has 0 fully saturated rings. The van der Waals surface area contributed by atoms with Crippen molar-refractivity contribution in [2.45, 2.75) is 19.6 Å². The number of rotatable bonds is 2. The van der Waals surface area contributed by atoms with Crippen LogP contribution in [0.25, 0.3) is 0 Å². The van der Waals surface area contributed by atoms with Crippen molar-refractivity contribution in [2.75, 3.05) is 11.9 Å². The molecular formula is C15H15BrN2O. The van der Waals surface area contributed by atoms with Crippen molar-refractivity contribution in [3.05, 3.63) is 57.8 Å². The van der Waals surface area contributed by atoms with Gasteiger partial charge in [0.05, 0.1) is 31.1 Å². The average molecular weight is 319 g/mol. The van der Waals surface area contributed by atoms with Gasteiger partial charge in [0.15, 0.2) is 0 Å². The topological polar surface area (TPSA) is 34.1 Å². The first-order chi connectivity index (χ1) is 9.24. The third-order valence-electron chi connectivity index (χ3n) is 3.33. The number of fused-ring (bicyclic) bond motifs is 1. The summed E-state index contributed by atoms with van der Waals surface area (Å²) in [6.07, 6.45) is 1.84. The molecule has 1 atom stereocenters. The normalized spacial score (nSPS) is 17.9. The van der Waals surface area contributed by atoms with Crippen LogP contribution in [0, 0.1) is 6.92 Å². The second kappa shape index (κ2) is 5.31. The molecule has 2 aromatic rings. The maximum Gasteiger partial charge on any atom is 0.109 e. The maximum atomic E-state index is 5.64. The first kappa shape index (κ1) is 12.6. The molecule has 0 radical (unpaired) electrons. The van der Waals surface area contributed by atoms with Crippen LogP contribution in [0.3, 0.4) is 0 Å². The number of ether oxygens (including phenoxy) is 1. The highest BCUT2D eigenvalue weighted by molar-refractivity contribution is 9.10. The summed E-state index contributed by atoms with van der Waals surface area (Å²) in [7, 11) is 0. The van der Waals surface area contributed by atoms with Crippen LogP contribution >= 0.6 is 15.9 Å². The van der Waals surface area contributed by atoms with Gasteiger partial charge in [0, 0.05) is 0 Å². The van der Waals surface area contributed by atoms with Crippen molar-refractivity contribution in [2.24, 2.45) is 0 Å². The Morgan fingerprint density at radius 3 is 3.05 bits per heavy atom. The fraction of sp³-hybridized carbons (Fsp3) is 0.267. The molecule has 2 heterocycles. The smallest absolute Gasteiger partial charge is 0.109 e. The van der Waals surface area contributed by atoms with Crippen LogP contribution in [0.5, 0.6) is 0 Å². The molecule has 0 amide bonds. The predicted molar refractivity (Wildman–Crippen MR) is 79.1 cm³/mol. The van der Waals surface area contributed by atoms with Crippen LogP contribution in [0.15, 0.2) is 41.1 Å². The molecule has 3 nitrogen and oxygen atoms in total. The van der Waals surface area contributed by atoms with Gasteiger partial charge in [0.2, 0.25) is 0 Å². The largest absolute Gasteiger partial charge is 0.375 e. The van der Waals surface area contributed by atoms with Gasteiger partial charge < -0.3 is 10.1 Å². The van der Waals surface area contributed by atoms with E-state index in [2.05, 4.69) is 56.6 Å². The van der Waals surface area contributed by atoms with E-state index in [-0.39, 0.29) is 6.04 Å².